The highest BCUT2D eigenvalue weighted by molar-refractivity contribution is 9.10. The smallest absolute Gasteiger partial charge is 0.226 e. The van der Waals surface area contributed by atoms with E-state index in [1.54, 1.807) is 0 Å². The van der Waals surface area contributed by atoms with Gasteiger partial charge in [0.05, 0.1) is 11.4 Å². The van der Waals surface area contributed by atoms with Gasteiger partial charge in [-0.1, -0.05) is 6.07 Å². The van der Waals surface area contributed by atoms with Crippen LogP contribution in [-0.2, 0) is 4.79 Å². The first-order chi connectivity index (χ1) is 10.5. The fourth-order valence-corrected chi connectivity index (χ4v) is 2.47. The van der Waals surface area contributed by atoms with Crippen molar-refractivity contribution in [2.45, 2.75) is 13.3 Å². The molecular weight excluding hydrogens is 354 g/mol. The summed E-state index contributed by atoms with van der Waals surface area (Å²) in [6.07, 6.45) is 0.164. The van der Waals surface area contributed by atoms with Gasteiger partial charge in [-0.15, -0.1) is 0 Å². The Morgan fingerprint density at radius 1 is 1.14 bits per heavy atom. The monoisotopic (exact) mass is 368 g/mol. The lowest BCUT2D eigenvalue weighted by atomic mass is 10.2. The van der Waals surface area contributed by atoms with Crippen molar-refractivity contribution in [3.63, 3.8) is 0 Å². The molecule has 0 bridgehead atoms. The molecule has 2 rings (SSSR count). The van der Waals surface area contributed by atoms with E-state index in [2.05, 4.69) is 26.6 Å². The zero-order chi connectivity index (χ0) is 16.1. The van der Waals surface area contributed by atoms with Crippen molar-refractivity contribution in [3.05, 3.63) is 58.1 Å². The molecule has 0 radical (unpaired) electrons. The van der Waals surface area contributed by atoms with Crippen LogP contribution in [0.1, 0.15) is 12.0 Å². The van der Waals surface area contributed by atoms with E-state index in [0.717, 1.165) is 22.2 Å². The number of rotatable bonds is 5. The summed E-state index contributed by atoms with van der Waals surface area (Å²) in [7, 11) is 0. The van der Waals surface area contributed by atoms with Gasteiger partial charge in [0.2, 0.25) is 5.91 Å². The van der Waals surface area contributed by atoms with Gasteiger partial charge < -0.3 is 10.6 Å². The van der Waals surface area contributed by atoms with Gasteiger partial charge in [0.1, 0.15) is 11.6 Å². The summed E-state index contributed by atoms with van der Waals surface area (Å²) in [5.41, 5.74) is 1.94. The molecule has 0 aliphatic carbocycles. The van der Waals surface area contributed by atoms with Crippen LogP contribution in [0.3, 0.4) is 0 Å². The summed E-state index contributed by atoms with van der Waals surface area (Å²) in [5, 5.41) is 5.53. The number of carbonyl (C=O) groups excluding carboxylic acids is 1. The second-order valence-corrected chi connectivity index (χ2v) is 5.69. The molecule has 2 aromatic carbocycles. The molecule has 0 aliphatic rings. The summed E-state index contributed by atoms with van der Waals surface area (Å²) >= 11 is 3.38. The predicted octanol–water partition coefficient (Wildman–Crippen LogP) is 4.48. The van der Waals surface area contributed by atoms with E-state index in [4.69, 9.17) is 0 Å². The molecule has 2 aromatic rings. The lowest BCUT2D eigenvalue weighted by Crippen LogP contribution is -2.16. The number of halogens is 3. The zero-order valence-corrected chi connectivity index (χ0v) is 13.5. The van der Waals surface area contributed by atoms with E-state index in [-0.39, 0.29) is 24.6 Å². The summed E-state index contributed by atoms with van der Waals surface area (Å²) in [4.78, 5) is 11.9. The molecule has 0 fully saturated rings. The Morgan fingerprint density at radius 3 is 2.55 bits per heavy atom. The van der Waals surface area contributed by atoms with Crippen molar-refractivity contribution in [2.24, 2.45) is 0 Å². The number of hydrogen-bond acceptors (Lipinski definition) is 2. The Labute approximate surface area is 135 Å². The number of benzene rings is 2. The van der Waals surface area contributed by atoms with Gasteiger partial charge >= 0.3 is 0 Å². The number of amides is 1. The van der Waals surface area contributed by atoms with Crippen LogP contribution in [0, 0.1) is 18.6 Å². The van der Waals surface area contributed by atoms with Crippen LogP contribution in [0.25, 0.3) is 0 Å². The molecule has 0 unspecified atom stereocenters. The Hall–Kier alpha value is -1.95. The molecular formula is C16H15BrF2N2O. The van der Waals surface area contributed by atoms with Crippen LogP contribution in [-0.4, -0.2) is 12.5 Å². The molecule has 1 amide bonds. The average Bonchev–Trinajstić information content (AvgIpc) is 2.44. The first-order valence-electron chi connectivity index (χ1n) is 6.70. The third kappa shape index (κ3) is 4.53. The summed E-state index contributed by atoms with van der Waals surface area (Å²) in [6.45, 7) is 2.20. The Balaban J connectivity index is 1.85. The second-order valence-electron chi connectivity index (χ2n) is 4.83. The molecule has 22 heavy (non-hydrogen) atoms. The van der Waals surface area contributed by atoms with Crippen LogP contribution in [0.5, 0.6) is 0 Å². The van der Waals surface area contributed by atoms with Crippen molar-refractivity contribution in [1.29, 1.82) is 0 Å². The largest absolute Gasteiger partial charge is 0.382 e. The van der Waals surface area contributed by atoms with Crippen molar-refractivity contribution in [3.8, 4) is 0 Å². The maximum atomic E-state index is 13.4. The standard InChI is InChI=1S/C16H15BrF2N2O/c1-10-2-4-14(12(17)8-10)21-16(22)6-7-20-15-5-3-11(18)9-13(15)19/h2-5,8-9,20H,6-7H2,1H3,(H,21,22). The summed E-state index contributed by atoms with van der Waals surface area (Å²) in [5.74, 6) is -1.51. The lowest BCUT2D eigenvalue weighted by Gasteiger charge is -2.10. The first kappa shape index (κ1) is 16.4. The Morgan fingerprint density at radius 2 is 1.86 bits per heavy atom. The van der Waals surface area contributed by atoms with Crippen molar-refractivity contribution in [2.75, 3.05) is 17.2 Å². The predicted molar refractivity (Wildman–Crippen MR) is 87.0 cm³/mol. The van der Waals surface area contributed by atoms with E-state index >= 15 is 0 Å². The third-order valence-electron chi connectivity index (χ3n) is 3.00. The highest BCUT2D eigenvalue weighted by Gasteiger charge is 2.07. The molecule has 0 aromatic heterocycles. The molecule has 2 N–H and O–H groups in total. The lowest BCUT2D eigenvalue weighted by molar-refractivity contribution is -0.115. The first-order valence-corrected chi connectivity index (χ1v) is 7.50. The third-order valence-corrected chi connectivity index (χ3v) is 3.65. The van der Waals surface area contributed by atoms with Crippen LogP contribution in [0.15, 0.2) is 40.9 Å². The highest BCUT2D eigenvalue weighted by atomic mass is 79.9. The highest BCUT2D eigenvalue weighted by Crippen LogP contribution is 2.23. The summed E-state index contributed by atoms with van der Waals surface area (Å²) < 4.78 is 27.0. The number of anilines is 2. The van der Waals surface area contributed by atoms with Gasteiger partial charge in [-0.2, -0.15) is 0 Å². The minimum atomic E-state index is -0.679. The minimum Gasteiger partial charge on any atom is -0.382 e. The van der Waals surface area contributed by atoms with E-state index in [1.807, 2.05) is 25.1 Å². The minimum absolute atomic E-state index is 0.164. The van der Waals surface area contributed by atoms with Crippen LogP contribution in [0.4, 0.5) is 20.2 Å². The quantitative estimate of drug-likeness (QED) is 0.816. The molecule has 116 valence electrons. The fraction of sp³-hybridized carbons (Fsp3) is 0.188. The van der Waals surface area contributed by atoms with Crippen LogP contribution < -0.4 is 10.6 Å². The molecule has 0 saturated carbocycles. The van der Waals surface area contributed by atoms with E-state index in [0.29, 0.717) is 5.69 Å². The normalized spacial score (nSPS) is 10.4. The number of hydrogen-bond donors (Lipinski definition) is 2. The maximum Gasteiger partial charge on any atom is 0.226 e. The van der Waals surface area contributed by atoms with Crippen molar-refractivity contribution < 1.29 is 13.6 Å². The van der Waals surface area contributed by atoms with E-state index in [9.17, 15) is 13.6 Å². The molecule has 0 saturated heterocycles. The van der Waals surface area contributed by atoms with Crippen molar-refractivity contribution >= 4 is 33.2 Å². The van der Waals surface area contributed by atoms with Gasteiger partial charge in [-0.25, -0.2) is 8.78 Å². The molecule has 0 spiro atoms. The van der Waals surface area contributed by atoms with E-state index < -0.39 is 11.6 Å². The second kappa shape index (κ2) is 7.35. The summed E-state index contributed by atoms with van der Waals surface area (Å²) in [6, 6.07) is 8.87. The van der Waals surface area contributed by atoms with Crippen molar-refractivity contribution in [1.82, 2.24) is 0 Å². The fourth-order valence-electron chi connectivity index (χ4n) is 1.88. The SMILES string of the molecule is Cc1ccc(NC(=O)CCNc2ccc(F)cc2F)c(Br)c1. The Bertz CT molecular complexity index is 692. The number of nitrogens with one attached hydrogen (secondary N) is 2. The van der Waals surface area contributed by atoms with Gasteiger partial charge in [-0.05, 0) is 52.7 Å². The number of carbonyl (C=O) groups is 1. The molecule has 0 atom stereocenters. The Kier molecular flexibility index (Phi) is 5.49. The van der Waals surface area contributed by atoms with Gasteiger partial charge in [0.25, 0.3) is 0 Å². The molecule has 0 heterocycles. The molecule has 0 aliphatic heterocycles. The number of aryl methyl sites for hydroxylation is 1. The van der Waals surface area contributed by atoms with Crippen LogP contribution in [0.2, 0.25) is 0 Å². The van der Waals surface area contributed by atoms with Gasteiger partial charge in [0.15, 0.2) is 0 Å². The van der Waals surface area contributed by atoms with Gasteiger partial charge in [0, 0.05) is 23.5 Å². The zero-order valence-electron chi connectivity index (χ0n) is 11.9. The van der Waals surface area contributed by atoms with Crippen LogP contribution >= 0.6 is 15.9 Å². The average molecular weight is 369 g/mol. The van der Waals surface area contributed by atoms with Gasteiger partial charge in [-0.3, -0.25) is 4.79 Å². The maximum absolute atomic E-state index is 13.4. The van der Waals surface area contributed by atoms with E-state index in [1.165, 1.54) is 6.07 Å². The molecule has 6 heteroatoms. The molecule has 3 nitrogen and oxygen atoms in total. The topological polar surface area (TPSA) is 41.1 Å².